The number of H-pyrrole nitrogens is 1. The maximum Gasteiger partial charge on any atom is 0.158 e. The molecule has 11 heteroatoms. The molecule has 1 aliphatic rings. The number of rotatable bonds is 6. The molecule has 1 saturated heterocycles. The SMILES string of the molecule is N#Cc1cnc(Nc2cc(NCC3CNCCO3)c(-c3ccn[nH]3)nn2)cn1. The highest BCUT2D eigenvalue weighted by Crippen LogP contribution is 2.26. The van der Waals surface area contributed by atoms with E-state index in [1.807, 2.05) is 18.2 Å². The van der Waals surface area contributed by atoms with Gasteiger partial charge in [0.2, 0.25) is 0 Å². The van der Waals surface area contributed by atoms with E-state index in [4.69, 9.17) is 10.00 Å². The number of anilines is 3. The molecule has 142 valence electrons. The van der Waals surface area contributed by atoms with Crippen LogP contribution < -0.4 is 16.0 Å². The molecule has 1 unspecified atom stereocenters. The van der Waals surface area contributed by atoms with Crippen LogP contribution in [-0.2, 0) is 4.74 Å². The van der Waals surface area contributed by atoms with Gasteiger partial charge < -0.3 is 20.7 Å². The Kier molecular flexibility index (Phi) is 5.32. The molecule has 3 aromatic rings. The van der Waals surface area contributed by atoms with E-state index in [0.717, 1.165) is 24.5 Å². The summed E-state index contributed by atoms with van der Waals surface area (Å²) in [4.78, 5) is 8.12. The van der Waals surface area contributed by atoms with E-state index in [1.165, 1.54) is 12.4 Å². The van der Waals surface area contributed by atoms with Crippen LogP contribution in [0.5, 0.6) is 0 Å². The van der Waals surface area contributed by atoms with Gasteiger partial charge in [0.05, 0.1) is 36.5 Å². The van der Waals surface area contributed by atoms with Crippen LogP contribution in [0.25, 0.3) is 11.4 Å². The van der Waals surface area contributed by atoms with Crippen LogP contribution in [0, 0.1) is 11.3 Å². The van der Waals surface area contributed by atoms with Gasteiger partial charge in [-0.3, -0.25) is 5.10 Å². The molecule has 0 amide bonds. The van der Waals surface area contributed by atoms with Crippen LogP contribution in [0.2, 0.25) is 0 Å². The van der Waals surface area contributed by atoms with Crippen LogP contribution in [0.15, 0.2) is 30.7 Å². The molecule has 1 fully saturated rings. The Morgan fingerprint density at radius 3 is 2.93 bits per heavy atom. The second-order valence-electron chi connectivity index (χ2n) is 6.06. The van der Waals surface area contributed by atoms with Gasteiger partial charge in [0.15, 0.2) is 11.5 Å². The fourth-order valence-electron chi connectivity index (χ4n) is 2.73. The van der Waals surface area contributed by atoms with Gasteiger partial charge in [0.25, 0.3) is 0 Å². The Labute approximate surface area is 160 Å². The molecule has 28 heavy (non-hydrogen) atoms. The number of nitrogens with zero attached hydrogens (tertiary/aromatic N) is 6. The van der Waals surface area contributed by atoms with Crippen molar-refractivity contribution in [2.24, 2.45) is 0 Å². The summed E-state index contributed by atoms with van der Waals surface area (Å²) in [5.41, 5.74) is 2.42. The number of aromatic amines is 1. The fraction of sp³-hybridized carbons (Fsp3) is 0.294. The molecule has 4 rings (SSSR count). The lowest BCUT2D eigenvalue weighted by Gasteiger charge is -2.24. The quantitative estimate of drug-likeness (QED) is 0.482. The molecule has 4 N–H and O–H groups in total. The largest absolute Gasteiger partial charge is 0.380 e. The van der Waals surface area contributed by atoms with E-state index in [9.17, 15) is 0 Å². The highest BCUT2D eigenvalue weighted by atomic mass is 16.5. The molecular weight excluding hydrogens is 360 g/mol. The second-order valence-corrected chi connectivity index (χ2v) is 6.06. The molecule has 11 nitrogen and oxygen atoms in total. The number of hydrogen-bond donors (Lipinski definition) is 4. The lowest BCUT2D eigenvalue weighted by atomic mass is 10.2. The predicted molar refractivity (Wildman–Crippen MR) is 101 cm³/mol. The summed E-state index contributed by atoms with van der Waals surface area (Å²) in [6, 6.07) is 5.59. The van der Waals surface area contributed by atoms with Gasteiger partial charge in [0.1, 0.15) is 17.6 Å². The average Bonchev–Trinajstić information content (AvgIpc) is 3.28. The van der Waals surface area contributed by atoms with E-state index in [0.29, 0.717) is 30.5 Å². The third-order valence-corrected chi connectivity index (χ3v) is 4.10. The van der Waals surface area contributed by atoms with Crippen molar-refractivity contribution in [1.82, 2.24) is 35.7 Å². The minimum absolute atomic E-state index is 0.0670. The Hall–Kier alpha value is -3.62. The van der Waals surface area contributed by atoms with Crippen molar-refractivity contribution < 1.29 is 4.74 Å². The van der Waals surface area contributed by atoms with Crippen molar-refractivity contribution in [1.29, 1.82) is 5.26 Å². The Morgan fingerprint density at radius 2 is 2.21 bits per heavy atom. The van der Waals surface area contributed by atoms with Crippen molar-refractivity contribution in [2.45, 2.75) is 6.10 Å². The van der Waals surface area contributed by atoms with Crippen molar-refractivity contribution >= 4 is 17.3 Å². The Bertz CT molecular complexity index is 945. The minimum Gasteiger partial charge on any atom is -0.380 e. The van der Waals surface area contributed by atoms with Gasteiger partial charge >= 0.3 is 0 Å². The molecule has 0 spiro atoms. The van der Waals surface area contributed by atoms with Crippen molar-refractivity contribution in [3.05, 3.63) is 36.4 Å². The van der Waals surface area contributed by atoms with Gasteiger partial charge in [0, 0.05) is 31.9 Å². The molecule has 0 radical (unpaired) electrons. The zero-order valence-corrected chi connectivity index (χ0v) is 14.9. The van der Waals surface area contributed by atoms with E-state index in [2.05, 4.69) is 46.3 Å². The summed E-state index contributed by atoms with van der Waals surface area (Å²) in [6.45, 7) is 2.97. The monoisotopic (exact) mass is 378 g/mol. The van der Waals surface area contributed by atoms with E-state index in [-0.39, 0.29) is 11.8 Å². The van der Waals surface area contributed by atoms with Crippen molar-refractivity contribution in [3.8, 4) is 17.5 Å². The first-order valence-corrected chi connectivity index (χ1v) is 8.74. The van der Waals surface area contributed by atoms with Gasteiger partial charge in [-0.05, 0) is 6.07 Å². The van der Waals surface area contributed by atoms with Crippen LogP contribution in [0.4, 0.5) is 17.3 Å². The van der Waals surface area contributed by atoms with E-state index in [1.54, 1.807) is 6.20 Å². The number of ether oxygens (including phenoxy) is 1. The van der Waals surface area contributed by atoms with Crippen LogP contribution in [0.1, 0.15) is 5.69 Å². The first kappa shape index (κ1) is 17.8. The number of hydrogen-bond acceptors (Lipinski definition) is 10. The minimum atomic E-state index is 0.0670. The Morgan fingerprint density at radius 1 is 1.25 bits per heavy atom. The number of aromatic nitrogens is 6. The number of morpholine rings is 1. The summed E-state index contributed by atoms with van der Waals surface area (Å²) in [7, 11) is 0. The number of nitrogens with one attached hydrogen (secondary N) is 4. The first-order chi connectivity index (χ1) is 13.8. The highest BCUT2D eigenvalue weighted by Gasteiger charge is 2.16. The third-order valence-electron chi connectivity index (χ3n) is 4.10. The van der Waals surface area contributed by atoms with Gasteiger partial charge in [-0.1, -0.05) is 0 Å². The molecule has 1 atom stereocenters. The Balaban J connectivity index is 1.55. The van der Waals surface area contributed by atoms with Gasteiger partial charge in [-0.2, -0.15) is 10.4 Å². The van der Waals surface area contributed by atoms with Crippen LogP contribution >= 0.6 is 0 Å². The summed E-state index contributed by atoms with van der Waals surface area (Å²) in [5.74, 6) is 0.959. The first-order valence-electron chi connectivity index (χ1n) is 8.74. The van der Waals surface area contributed by atoms with E-state index >= 15 is 0 Å². The molecule has 1 aliphatic heterocycles. The molecule has 0 aliphatic carbocycles. The lowest BCUT2D eigenvalue weighted by Crippen LogP contribution is -2.42. The second kappa shape index (κ2) is 8.38. The number of nitriles is 1. The molecule has 4 heterocycles. The topological polar surface area (TPSA) is 149 Å². The maximum absolute atomic E-state index is 8.82. The van der Waals surface area contributed by atoms with Crippen LogP contribution in [0.3, 0.4) is 0 Å². The molecule has 0 saturated carbocycles. The van der Waals surface area contributed by atoms with Gasteiger partial charge in [-0.15, -0.1) is 10.2 Å². The van der Waals surface area contributed by atoms with E-state index < -0.39 is 0 Å². The van der Waals surface area contributed by atoms with Crippen molar-refractivity contribution in [2.75, 3.05) is 36.9 Å². The zero-order valence-electron chi connectivity index (χ0n) is 14.9. The maximum atomic E-state index is 8.82. The average molecular weight is 378 g/mol. The summed E-state index contributed by atoms with van der Waals surface area (Å²) in [5, 5.41) is 33.9. The third kappa shape index (κ3) is 4.20. The standard InChI is InChI=1S/C17H18N10O/c18-6-11-7-22-16(10-20-11)24-15-5-14(21-9-12-8-19-3-4-28-12)17(27-26-15)13-1-2-23-25-13/h1-2,5,7,10,12,19H,3-4,8-9H2,(H,23,25)(H2,21,22,24,26). The molecule has 3 aromatic heterocycles. The molecule has 0 bridgehead atoms. The summed E-state index contributed by atoms with van der Waals surface area (Å²) >= 11 is 0. The van der Waals surface area contributed by atoms with Gasteiger partial charge in [-0.25, -0.2) is 9.97 Å². The molecule has 0 aromatic carbocycles. The lowest BCUT2D eigenvalue weighted by molar-refractivity contribution is 0.0372. The predicted octanol–water partition coefficient (Wildman–Crippen LogP) is 0.672. The van der Waals surface area contributed by atoms with Crippen LogP contribution in [-0.4, -0.2) is 62.7 Å². The smallest absolute Gasteiger partial charge is 0.158 e. The fourth-order valence-corrected chi connectivity index (χ4v) is 2.73. The highest BCUT2D eigenvalue weighted by molar-refractivity contribution is 5.74. The summed E-state index contributed by atoms with van der Waals surface area (Å²) < 4.78 is 5.74. The normalized spacial score (nSPS) is 16.3. The summed E-state index contributed by atoms with van der Waals surface area (Å²) in [6.07, 6.45) is 4.59. The van der Waals surface area contributed by atoms with Crippen molar-refractivity contribution in [3.63, 3.8) is 0 Å². The zero-order chi connectivity index (χ0) is 19.2. The molecular formula is C17H18N10O.